The molecule has 198 valence electrons. The Labute approximate surface area is 213 Å². The highest BCUT2D eigenvalue weighted by Crippen LogP contribution is 2.25. The third kappa shape index (κ3) is 7.25. The van der Waals surface area contributed by atoms with Crippen molar-refractivity contribution in [3.8, 4) is 5.75 Å². The second-order valence-corrected chi connectivity index (χ2v) is 8.84. The van der Waals surface area contributed by atoms with Gasteiger partial charge in [-0.3, -0.25) is 9.67 Å². The summed E-state index contributed by atoms with van der Waals surface area (Å²) in [6, 6.07) is 1.92. The molecule has 1 saturated carbocycles. The Morgan fingerprint density at radius 3 is 2.64 bits per heavy atom. The molecule has 4 N–H and O–H groups in total. The van der Waals surface area contributed by atoms with Gasteiger partial charge in [0.15, 0.2) is 11.3 Å². The first kappa shape index (κ1) is 27.6. The average Bonchev–Trinajstić information content (AvgIpc) is 3.24. The monoisotopic (exact) mass is 500 g/mol. The van der Waals surface area contributed by atoms with Gasteiger partial charge in [-0.15, -0.1) is 0 Å². The summed E-state index contributed by atoms with van der Waals surface area (Å²) in [6.07, 6.45) is 10.2. The third-order valence-electron chi connectivity index (χ3n) is 6.16. The van der Waals surface area contributed by atoms with Crippen LogP contribution in [0, 0.1) is 0 Å². The molecule has 0 aliphatic heterocycles. The SMILES string of the molecule is CCCCN(CCO)c1nc(N)nc2cn(Cc3cnc(CNC)cc3OC)nc12.COC1CCC1. The molecule has 3 heterocycles. The van der Waals surface area contributed by atoms with Crippen molar-refractivity contribution in [3.05, 3.63) is 29.7 Å². The Balaban J connectivity index is 0.000000526. The topological polar surface area (TPSA) is 136 Å². The normalized spacial score (nSPS) is 13.2. The van der Waals surface area contributed by atoms with Gasteiger partial charge in [-0.25, -0.2) is 4.98 Å². The summed E-state index contributed by atoms with van der Waals surface area (Å²) < 4.78 is 12.3. The molecule has 11 heteroatoms. The number of aliphatic hydroxyl groups excluding tert-OH is 1. The third-order valence-corrected chi connectivity index (χ3v) is 6.16. The lowest BCUT2D eigenvalue weighted by atomic mass is 9.96. The highest BCUT2D eigenvalue weighted by Gasteiger charge is 2.18. The number of fused-ring (bicyclic) bond motifs is 1. The molecule has 0 amide bonds. The first-order valence-electron chi connectivity index (χ1n) is 12.6. The van der Waals surface area contributed by atoms with Crippen molar-refractivity contribution >= 4 is 22.8 Å². The molecule has 1 aliphatic rings. The number of nitrogen functional groups attached to an aromatic ring is 1. The average molecular weight is 501 g/mol. The molecule has 0 radical (unpaired) electrons. The fourth-order valence-corrected chi connectivity index (χ4v) is 3.93. The van der Waals surface area contributed by atoms with Crippen LogP contribution in [0.2, 0.25) is 0 Å². The Morgan fingerprint density at radius 1 is 1.25 bits per heavy atom. The maximum atomic E-state index is 9.49. The lowest BCUT2D eigenvalue weighted by Gasteiger charge is -2.22. The minimum Gasteiger partial charge on any atom is -0.496 e. The maximum absolute atomic E-state index is 9.49. The van der Waals surface area contributed by atoms with Gasteiger partial charge < -0.3 is 30.5 Å². The first-order chi connectivity index (χ1) is 17.5. The number of nitrogens with zero attached hydrogens (tertiary/aromatic N) is 6. The van der Waals surface area contributed by atoms with Gasteiger partial charge in [0.05, 0.1) is 38.3 Å². The Morgan fingerprint density at radius 2 is 2.06 bits per heavy atom. The first-order valence-corrected chi connectivity index (χ1v) is 12.6. The number of hydrogen-bond donors (Lipinski definition) is 3. The van der Waals surface area contributed by atoms with Crippen LogP contribution >= 0.6 is 0 Å². The van der Waals surface area contributed by atoms with E-state index in [-0.39, 0.29) is 12.6 Å². The highest BCUT2D eigenvalue weighted by molar-refractivity contribution is 5.86. The number of aromatic nitrogens is 5. The Bertz CT molecular complexity index is 1080. The van der Waals surface area contributed by atoms with E-state index in [4.69, 9.17) is 20.3 Å². The van der Waals surface area contributed by atoms with Gasteiger partial charge >= 0.3 is 0 Å². The summed E-state index contributed by atoms with van der Waals surface area (Å²) in [5.74, 6) is 1.59. The van der Waals surface area contributed by atoms with E-state index in [1.54, 1.807) is 25.1 Å². The second kappa shape index (κ2) is 13.9. The van der Waals surface area contributed by atoms with Crippen molar-refractivity contribution < 1.29 is 14.6 Å². The molecule has 0 unspecified atom stereocenters. The zero-order valence-corrected chi connectivity index (χ0v) is 21.9. The van der Waals surface area contributed by atoms with E-state index in [0.717, 1.165) is 36.4 Å². The van der Waals surface area contributed by atoms with Crippen molar-refractivity contribution in [2.24, 2.45) is 0 Å². The van der Waals surface area contributed by atoms with Crippen LogP contribution in [0.5, 0.6) is 5.75 Å². The van der Waals surface area contributed by atoms with Crippen molar-refractivity contribution in [2.75, 3.05) is 51.6 Å². The van der Waals surface area contributed by atoms with Crippen LogP contribution in [0.1, 0.15) is 50.3 Å². The number of anilines is 2. The summed E-state index contributed by atoms with van der Waals surface area (Å²) in [5, 5.41) is 17.3. The zero-order chi connectivity index (χ0) is 25.9. The quantitative estimate of drug-likeness (QED) is 0.340. The fraction of sp³-hybridized carbons (Fsp3) is 0.600. The number of methoxy groups -OCH3 is 2. The molecular formula is C25H40N8O3. The van der Waals surface area contributed by atoms with Gasteiger partial charge in [0.1, 0.15) is 11.3 Å². The van der Waals surface area contributed by atoms with Crippen LogP contribution in [0.25, 0.3) is 11.0 Å². The molecule has 36 heavy (non-hydrogen) atoms. The smallest absolute Gasteiger partial charge is 0.222 e. The molecule has 0 spiro atoms. The lowest BCUT2D eigenvalue weighted by molar-refractivity contribution is 0.0412. The summed E-state index contributed by atoms with van der Waals surface area (Å²) >= 11 is 0. The molecule has 3 aromatic heterocycles. The van der Waals surface area contributed by atoms with Crippen LogP contribution in [-0.4, -0.2) is 76.9 Å². The standard InChI is InChI=1S/C20H30N8O2.C5H10O/c1-4-5-6-27(7-8-29)19-18-16(24-20(21)25-19)13-28(26-18)12-14-10-23-15(11-22-2)9-17(14)30-3;1-6-5-3-2-4-5/h9-10,13,22,29H,4-8,11-12H2,1-3H3,(H2,21,24);5H,2-4H2,1H3. The number of pyridine rings is 1. The lowest BCUT2D eigenvalue weighted by Crippen LogP contribution is -2.29. The molecule has 0 saturated heterocycles. The zero-order valence-electron chi connectivity index (χ0n) is 21.9. The van der Waals surface area contributed by atoms with Gasteiger partial charge in [-0.2, -0.15) is 10.1 Å². The molecular weight excluding hydrogens is 460 g/mol. The summed E-state index contributed by atoms with van der Waals surface area (Å²) in [6.45, 7) is 4.51. The number of nitrogens with one attached hydrogen (secondary N) is 1. The number of unbranched alkanes of at least 4 members (excludes halogenated alkanes) is 1. The van der Waals surface area contributed by atoms with Crippen molar-refractivity contribution in [2.45, 2.75) is 58.2 Å². The number of ether oxygens (including phenoxy) is 2. The molecule has 1 fully saturated rings. The number of nitrogens with two attached hydrogens (primary N) is 1. The van der Waals surface area contributed by atoms with E-state index >= 15 is 0 Å². The molecule has 1 aliphatic carbocycles. The Kier molecular flexibility index (Phi) is 10.6. The van der Waals surface area contributed by atoms with Gasteiger partial charge in [0, 0.05) is 44.6 Å². The predicted octanol–water partition coefficient (Wildman–Crippen LogP) is 2.36. The fourth-order valence-electron chi connectivity index (χ4n) is 3.93. The molecule has 4 rings (SSSR count). The maximum Gasteiger partial charge on any atom is 0.222 e. The molecule has 11 nitrogen and oxygen atoms in total. The van der Waals surface area contributed by atoms with Crippen LogP contribution in [0.3, 0.4) is 0 Å². The summed E-state index contributed by atoms with van der Waals surface area (Å²) in [4.78, 5) is 15.2. The van der Waals surface area contributed by atoms with Gasteiger partial charge in [-0.05, 0) is 32.7 Å². The minimum absolute atomic E-state index is 0.0255. The van der Waals surface area contributed by atoms with Crippen molar-refractivity contribution in [1.29, 1.82) is 0 Å². The minimum atomic E-state index is 0.0255. The van der Waals surface area contributed by atoms with Gasteiger partial charge in [0.2, 0.25) is 5.95 Å². The van der Waals surface area contributed by atoms with E-state index in [0.29, 0.717) is 42.6 Å². The summed E-state index contributed by atoms with van der Waals surface area (Å²) in [5.41, 5.74) is 9.09. The number of rotatable bonds is 12. The molecule has 3 aromatic rings. The van der Waals surface area contributed by atoms with E-state index in [1.807, 2.05) is 24.2 Å². The second-order valence-electron chi connectivity index (χ2n) is 8.84. The largest absolute Gasteiger partial charge is 0.496 e. The summed E-state index contributed by atoms with van der Waals surface area (Å²) in [7, 11) is 5.30. The number of hydrogen-bond acceptors (Lipinski definition) is 10. The van der Waals surface area contributed by atoms with E-state index in [1.165, 1.54) is 19.3 Å². The van der Waals surface area contributed by atoms with Gasteiger partial charge in [-0.1, -0.05) is 13.3 Å². The Hall–Kier alpha value is -3.02. The molecule has 0 atom stereocenters. The van der Waals surface area contributed by atoms with Gasteiger partial charge in [0.25, 0.3) is 0 Å². The molecule has 0 bridgehead atoms. The highest BCUT2D eigenvalue weighted by atomic mass is 16.5. The van der Waals surface area contributed by atoms with Crippen LogP contribution in [-0.2, 0) is 17.8 Å². The van der Waals surface area contributed by atoms with Crippen molar-refractivity contribution in [1.82, 2.24) is 30.0 Å². The van der Waals surface area contributed by atoms with Crippen LogP contribution in [0.15, 0.2) is 18.5 Å². The van der Waals surface area contributed by atoms with Crippen LogP contribution < -0.4 is 20.7 Å². The van der Waals surface area contributed by atoms with Crippen LogP contribution in [0.4, 0.5) is 11.8 Å². The van der Waals surface area contributed by atoms with E-state index in [2.05, 4.69) is 27.2 Å². The van der Waals surface area contributed by atoms with E-state index < -0.39 is 0 Å². The van der Waals surface area contributed by atoms with Crippen molar-refractivity contribution in [3.63, 3.8) is 0 Å². The number of aliphatic hydroxyl groups is 1. The predicted molar refractivity (Wildman–Crippen MR) is 141 cm³/mol. The van der Waals surface area contributed by atoms with E-state index in [9.17, 15) is 5.11 Å². The molecule has 0 aromatic carbocycles.